The van der Waals surface area contributed by atoms with E-state index in [-0.39, 0.29) is 0 Å². The van der Waals surface area contributed by atoms with E-state index in [2.05, 4.69) is 9.98 Å². The fourth-order valence-electron chi connectivity index (χ4n) is 1.27. The number of rotatable bonds is 1. The van der Waals surface area contributed by atoms with E-state index in [9.17, 15) is 4.79 Å². The van der Waals surface area contributed by atoms with E-state index < -0.39 is 0 Å². The molecule has 0 saturated heterocycles. The summed E-state index contributed by atoms with van der Waals surface area (Å²) in [4.78, 5) is 17.8. The van der Waals surface area contributed by atoms with Gasteiger partial charge in [0.2, 0.25) is 6.08 Å². The third-order valence-corrected chi connectivity index (χ3v) is 2.17. The molecule has 0 aliphatic rings. The molecule has 0 unspecified atom stereocenters. The Bertz CT molecular complexity index is 533. The summed E-state index contributed by atoms with van der Waals surface area (Å²) in [7, 11) is 0. The van der Waals surface area contributed by atoms with E-state index in [0.29, 0.717) is 16.2 Å². The maximum absolute atomic E-state index is 10.2. The summed E-state index contributed by atoms with van der Waals surface area (Å²) in [5.74, 6) is 0. The number of hydrogen-bond donors (Lipinski definition) is 0. The van der Waals surface area contributed by atoms with E-state index in [1.165, 1.54) is 6.08 Å². The predicted molar refractivity (Wildman–Crippen MR) is 54.5 cm³/mol. The van der Waals surface area contributed by atoms with Crippen molar-refractivity contribution in [3.63, 3.8) is 0 Å². The topological polar surface area (TPSA) is 42.3 Å². The van der Waals surface area contributed by atoms with Gasteiger partial charge in [-0.1, -0.05) is 23.7 Å². The van der Waals surface area contributed by atoms with Gasteiger partial charge >= 0.3 is 0 Å². The second-order valence-electron chi connectivity index (χ2n) is 2.67. The van der Waals surface area contributed by atoms with Gasteiger partial charge in [-0.3, -0.25) is 4.98 Å². The Morgan fingerprint density at radius 2 is 2.21 bits per heavy atom. The minimum atomic E-state index is 0.535. The van der Waals surface area contributed by atoms with Crippen molar-refractivity contribution in [3.05, 3.63) is 35.5 Å². The molecule has 4 heteroatoms. The van der Waals surface area contributed by atoms with Crippen molar-refractivity contribution in [2.45, 2.75) is 0 Å². The van der Waals surface area contributed by atoms with Crippen LogP contribution in [0.15, 0.2) is 35.5 Å². The van der Waals surface area contributed by atoms with Crippen LogP contribution in [0.5, 0.6) is 0 Å². The summed E-state index contributed by atoms with van der Waals surface area (Å²) in [5.41, 5.74) is 1.18. The summed E-state index contributed by atoms with van der Waals surface area (Å²) in [6.45, 7) is 0. The summed E-state index contributed by atoms with van der Waals surface area (Å²) in [6.07, 6.45) is 3.06. The number of fused-ring (bicyclic) bond motifs is 1. The van der Waals surface area contributed by atoms with Crippen LogP contribution in [0, 0.1) is 0 Å². The lowest BCUT2D eigenvalue weighted by atomic mass is 10.2. The molecule has 3 nitrogen and oxygen atoms in total. The summed E-state index contributed by atoms with van der Waals surface area (Å²) in [6, 6.07) is 6.98. The van der Waals surface area contributed by atoms with Gasteiger partial charge in [-0.15, -0.1) is 0 Å². The highest BCUT2D eigenvalue weighted by molar-refractivity contribution is 6.35. The number of pyridine rings is 1. The van der Waals surface area contributed by atoms with Crippen LogP contribution in [0.3, 0.4) is 0 Å². The van der Waals surface area contributed by atoms with Crippen molar-refractivity contribution in [2.75, 3.05) is 0 Å². The van der Waals surface area contributed by atoms with Crippen molar-refractivity contribution in [1.29, 1.82) is 0 Å². The Kier molecular flexibility index (Phi) is 2.27. The molecule has 2 aromatic rings. The minimum absolute atomic E-state index is 0.535. The third kappa shape index (κ3) is 1.39. The first kappa shape index (κ1) is 8.88. The van der Waals surface area contributed by atoms with Crippen molar-refractivity contribution in [1.82, 2.24) is 4.98 Å². The standard InChI is InChI=1S/C10H5ClN2O/c11-8-3-1-2-7-9(13-6-14)4-5-12-10(7)8/h1-5H. The zero-order chi connectivity index (χ0) is 9.97. The van der Waals surface area contributed by atoms with Gasteiger partial charge in [0.25, 0.3) is 0 Å². The fourth-order valence-corrected chi connectivity index (χ4v) is 1.50. The lowest BCUT2D eigenvalue weighted by Gasteiger charge is -2.00. The van der Waals surface area contributed by atoms with Crippen LogP contribution < -0.4 is 0 Å². The van der Waals surface area contributed by atoms with Gasteiger partial charge in [0.15, 0.2) is 0 Å². The molecule has 0 aliphatic heterocycles. The number of nitrogens with zero attached hydrogens (tertiary/aromatic N) is 2. The predicted octanol–water partition coefficient (Wildman–Crippen LogP) is 2.86. The molecule has 0 atom stereocenters. The van der Waals surface area contributed by atoms with Crippen molar-refractivity contribution >= 4 is 34.3 Å². The van der Waals surface area contributed by atoms with Gasteiger partial charge in [0, 0.05) is 11.6 Å². The minimum Gasteiger partial charge on any atom is -0.255 e. The normalized spacial score (nSPS) is 9.79. The first-order chi connectivity index (χ1) is 6.83. The molecular formula is C10H5ClN2O. The summed E-state index contributed by atoms with van der Waals surface area (Å²) < 4.78 is 0. The molecule has 0 spiro atoms. The first-order valence-corrected chi connectivity index (χ1v) is 4.32. The number of para-hydroxylation sites is 1. The summed E-state index contributed by atoms with van der Waals surface area (Å²) in [5, 5.41) is 1.30. The van der Waals surface area contributed by atoms with Crippen LogP contribution in [0.2, 0.25) is 5.02 Å². The highest BCUT2D eigenvalue weighted by atomic mass is 35.5. The average molecular weight is 205 g/mol. The second kappa shape index (κ2) is 3.58. The maximum Gasteiger partial charge on any atom is 0.240 e. The van der Waals surface area contributed by atoms with Crippen LogP contribution in [0.25, 0.3) is 10.9 Å². The zero-order valence-corrected chi connectivity index (χ0v) is 7.82. The number of aliphatic imine (C=N–C) groups is 1. The Balaban J connectivity index is 2.87. The number of halogens is 1. The molecule has 1 aromatic carbocycles. The maximum atomic E-state index is 10.2. The molecule has 0 aliphatic carbocycles. The molecule has 0 fully saturated rings. The Morgan fingerprint density at radius 1 is 1.36 bits per heavy atom. The first-order valence-electron chi connectivity index (χ1n) is 3.94. The Labute approximate surface area is 85.1 Å². The van der Waals surface area contributed by atoms with E-state index in [4.69, 9.17) is 11.6 Å². The van der Waals surface area contributed by atoms with Crippen molar-refractivity contribution < 1.29 is 4.79 Å². The van der Waals surface area contributed by atoms with Crippen LogP contribution in [-0.4, -0.2) is 11.1 Å². The highest BCUT2D eigenvalue weighted by Crippen LogP contribution is 2.28. The molecule has 1 aromatic heterocycles. The third-order valence-electron chi connectivity index (χ3n) is 1.86. The highest BCUT2D eigenvalue weighted by Gasteiger charge is 2.03. The molecule has 0 bridgehead atoms. The smallest absolute Gasteiger partial charge is 0.240 e. The lowest BCUT2D eigenvalue weighted by molar-refractivity contribution is 0.565. The van der Waals surface area contributed by atoms with Gasteiger partial charge < -0.3 is 0 Å². The molecule has 14 heavy (non-hydrogen) atoms. The van der Waals surface area contributed by atoms with Gasteiger partial charge in [-0.25, -0.2) is 4.79 Å². The van der Waals surface area contributed by atoms with E-state index in [0.717, 1.165) is 5.39 Å². The zero-order valence-electron chi connectivity index (χ0n) is 7.07. The van der Waals surface area contributed by atoms with Crippen LogP contribution in [0.4, 0.5) is 5.69 Å². The molecule has 1 heterocycles. The Hall–Kier alpha value is -1.70. The number of isocyanates is 1. The van der Waals surface area contributed by atoms with Crippen LogP contribution in [0.1, 0.15) is 0 Å². The fraction of sp³-hybridized carbons (Fsp3) is 0. The molecule has 0 saturated carbocycles. The van der Waals surface area contributed by atoms with Crippen molar-refractivity contribution in [3.8, 4) is 0 Å². The molecule has 0 radical (unpaired) electrons. The monoisotopic (exact) mass is 204 g/mol. The number of benzene rings is 1. The quantitative estimate of drug-likeness (QED) is 0.530. The molecule has 2 rings (SSSR count). The van der Waals surface area contributed by atoms with Gasteiger partial charge in [-0.05, 0) is 12.1 Å². The van der Waals surface area contributed by atoms with E-state index in [1.54, 1.807) is 24.4 Å². The largest absolute Gasteiger partial charge is 0.255 e. The lowest BCUT2D eigenvalue weighted by Crippen LogP contribution is -1.79. The molecule has 68 valence electrons. The molecular weight excluding hydrogens is 200 g/mol. The van der Waals surface area contributed by atoms with Crippen LogP contribution >= 0.6 is 11.6 Å². The molecule has 0 amide bonds. The number of aromatic nitrogens is 1. The second-order valence-corrected chi connectivity index (χ2v) is 3.08. The van der Waals surface area contributed by atoms with Gasteiger partial charge in [0.1, 0.15) is 0 Å². The molecule has 0 N–H and O–H groups in total. The van der Waals surface area contributed by atoms with Crippen LogP contribution in [-0.2, 0) is 4.79 Å². The van der Waals surface area contributed by atoms with Crippen molar-refractivity contribution in [2.24, 2.45) is 4.99 Å². The summed E-state index contributed by atoms with van der Waals surface area (Å²) >= 11 is 5.93. The van der Waals surface area contributed by atoms with E-state index in [1.807, 2.05) is 6.07 Å². The SMILES string of the molecule is O=C=Nc1ccnc2c(Cl)cccc12. The van der Waals surface area contributed by atoms with Gasteiger partial charge in [0.05, 0.1) is 16.2 Å². The van der Waals surface area contributed by atoms with E-state index >= 15 is 0 Å². The average Bonchev–Trinajstić information content (AvgIpc) is 2.20. The number of hydrogen-bond acceptors (Lipinski definition) is 3. The van der Waals surface area contributed by atoms with Gasteiger partial charge in [-0.2, -0.15) is 4.99 Å². The number of carbonyl (C=O) groups excluding carboxylic acids is 1. The Morgan fingerprint density at radius 3 is 3.00 bits per heavy atom.